The third-order valence-corrected chi connectivity index (χ3v) is 5.80. The second-order valence-corrected chi connectivity index (χ2v) is 7.82. The van der Waals surface area contributed by atoms with Crippen LogP contribution in [0, 0.1) is 13.8 Å². The van der Waals surface area contributed by atoms with Gasteiger partial charge in [-0.1, -0.05) is 0 Å². The van der Waals surface area contributed by atoms with Crippen LogP contribution in [0.3, 0.4) is 0 Å². The zero-order valence-electron chi connectivity index (χ0n) is 15.2. The first kappa shape index (κ1) is 20.2. The molecule has 0 spiro atoms. The molecule has 0 radical (unpaired) electrons. The molecule has 0 saturated carbocycles. The predicted molar refractivity (Wildman–Crippen MR) is 93.0 cm³/mol. The second kappa shape index (κ2) is 8.49. The number of sulfonamides is 1. The van der Waals surface area contributed by atoms with E-state index >= 15 is 0 Å². The molecule has 2 amide bonds. The van der Waals surface area contributed by atoms with E-state index in [0.717, 1.165) is 0 Å². The third-order valence-electron chi connectivity index (χ3n) is 4.14. The van der Waals surface area contributed by atoms with Crippen molar-refractivity contribution in [3.8, 4) is 0 Å². The zero-order chi connectivity index (χ0) is 19.3. The maximum Gasteiger partial charge on any atom is 0.409 e. The smallest absolute Gasteiger partial charge is 0.409 e. The first-order chi connectivity index (χ1) is 12.2. The lowest BCUT2D eigenvalue weighted by atomic mass is 10.1. The van der Waals surface area contributed by atoms with Crippen molar-refractivity contribution in [3.05, 3.63) is 11.4 Å². The normalized spacial score (nSPS) is 15.7. The summed E-state index contributed by atoms with van der Waals surface area (Å²) in [7, 11) is -3.81. The Hall–Kier alpha value is -2.14. The van der Waals surface area contributed by atoms with Gasteiger partial charge in [-0.25, -0.2) is 17.9 Å². The Morgan fingerprint density at radius 1 is 1.31 bits per heavy atom. The summed E-state index contributed by atoms with van der Waals surface area (Å²) in [4.78, 5) is 25.3. The van der Waals surface area contributed by atoms with E-state index in [0.29, 0.717) is 43.9 Å². The highest BCUT2D eigenvalue weighted by molar-refractivity contribution is 7.89. The molecule has 1 aromatic heterocycles. The summed E-state index contributed by atoms with van der Waals surface area (Å²) in [6.45, 7) is 5.88. The Labute approximate surface area is 152 Å². The van der Waals surface area contributed by atoms with Crippen molar-refractivity contribution < 1.29 is 22.7 Å². The van der Waals surface area contributed by atoms with E-state index in [-0.39, 0.29) is 23.6 Å². The van der Waals surface area contributed by atoms with Gasteiger partial charge in [-0.2, -0.15) is 5.10 Å². The summed E-state index contributed by atoms with van der Waals surface area (Å²) in [5.74, 6) is -0.415. The summed E-state index contributed by atoms with van der Waals surface area (Å²) >= 11 is 0. The molecule has 0 aromatic carbocycles. The van der Waals surface area contributed by atoms with Gasteiger partial charge in [0.2, 0.25) is 15.9 Å². The highest BCUT2D eigenvalue weighted by Crippen LogP contribution is 2.16. The summed E-state index contributed by atoms with van der Waals surface area (Å²) in [6, 6.07) is -0.102. The van der Waals surface area contributed by atoms with Crippen LogP contribution in [-0.4, -0.2) is 67.8 Å². The number of carbonyl (C=O) groups is 2. The molecule has 0 bridgehead atoms. The Kier molecular flexibility index (Phi) is 6.59. The Morgan fingerprint density at radius 3 is 2.50 bits per heavy atom. The number of nitrogens with zero attached hydrogens (tertiary/aromatic N) is 2. The monoisotopic (exact) mass is 387 g/mol. The third kappa shape index (κ3) is 4.94. The molecule has 2 rings (SSSR count). The van der Waals surface area contributed by atoms with Gasteiger partial charge in [0.1, 0.15) is 4.90 Å². The Morgan fingerprint density at radius 2 is 1.96 bits per heavy atom. The van der Waals surface area contributed by atoms with E-state index in [1.54, 1.807) is 25.7 Å². The largest absolute Gasteiger partial charge is 0.450 e. The highest BCUT2D eigenvalue weighted by atomic mass is 32.2. The fourth-order valence-electron chi connectivity index (χ4n) is 2.87. The minimum absolute atomic E-state index is 0.0630. The number of rotatable bonds is 6. The minimum atomic E-state index is -3.81. The number of carbonyl (C=O) groups excluding carboxylic acids is 2. The molecule has 1 saturated heterocycles. The number of nitrogens with one attached hydrogen (secondary N) is 3. The van der Waals surface area contributed by atoms with Gasteiger partial charge in [-0.3, -0.25) is 9.89 Å². The van der Waals surface area contributed by atoms with Crippen LogP contribution in [0.25, 0.3) is 0 Å². The molecule has 26 heavy (non-hydrogen) atoms. The van der Waals surface area contributed by atoms with E-state index in [2.05, 4.69) is 20.2 Å². The van der Waals surface area contributed by atoms with Crippen molar-refractivity contribution in [1.29, 1.82) is 0 Å². The van der Waals surface area contributed by atoms with Crippen LogP contribution in [0.1, 0.15) is 31.2 Å². The fraction of sp³-hybridized carbons (Fsp3) is 0.667. The SMILES string of the molecule is CCOC(=O)N1CCC(NC(=O)CNS(=O)(=O)c2c(C)n[nH]c2C)CC1. The number of ether oxygens (including phenoxy) is 1. The maximum absolute atomic E-state index is 12.3. The Bertz CT molecular complexity index is 733. The van der Waals surface area contributed by atoms with Crippen molar-refractivity contribution in [1.82, 2.24) is 25.1 Å². The highest BCUT2D eigenvalue weighted by Gasteiger charge is 2.26. The standard InChI is InChI=1S/C15H25N5O5S/c1-4-25-15(22)20-7-5-12(6-8-20)17-13(21)9-16-26(23,24)14-10(2)18-19-11(14)3/h12,16H,4-9H2,1-3H3,(H,17,21)(H,18,19). The van der Waals surface area contributed by atoms with Crippen molar-refractivity contribution in [3.63, 3.8) is 0 Å². The lowest BCUT2D eigenvalue weighted by molar-refractivity contribution is -0.120. The van der Waals surface area contributed by atoms with Crippen LogP contribution < -0.4 is 10.0 Å². The maximum atomic E-state index is 12.3. The molecule has 11 heteroatoms. The average molecular weight is 387 g/mol. The molecule has 1 aliphatic heterocycles. The van der Waals surface area contributed by atoms with Gasteiger partial charge >= 0.3 is 6.09 Å². The number of likely N-dealkylation sites (tertiary alicyclic amines) is 1. The number of H-pyrrole nitrogens is 1. The van der Waals surface area contributed by atoms with E-state index in [1.807, 2.05) is 0 Å². The van der Waals surface area contributed by atoms with Gasteiger partial charge in [0.05, 0.1) is 24.5 Å². The van der Waals surface area contributed by atoms with Gasteiger partial charge in [0, 0.05) is 19.1 Å². The van der Waals surface area contributed by atoms with E-state index < -0.39 is 15.9 Å². The lowest BCUT2D eigenvalue weighted by Crippen LogP contribution is -2.48. The number of hydrogen-bond donors (Lipinski definition) is 3. The van der Waals surface area contributed by atoms with E-state index in [9.17, 15) is 18.0 Å². The number of hydrogen-bond acceptors (Lipinski definition) is 6. The van der Waals surface area contributed by atoms with Crippen molar-refractivity contribution >= 4 is 22.0 Å². The second-order valence-electron chi connectivity index (χ2n) is 6.12. The first-order valence-electron chi connectivity index (χ1n) is 8.47. The van der Waals surface area contributed by atoms with Gasteiger partial charge < -0.3 is 15.0 Å². The predicted octanol–water partition coefficient (Wildman–Crippen LogP) is 0.0419. The molecule has 1 aliphatic rings. The van der Waals surface area contributed by atoms with E-state index in [1.165, 1.54) is 0 Å². The van der Waals surface area contributed by atoms with Crippen LogP contribution in [0.5, 0.6) is 0 Å². The number of amides is 2. The zero-order valence-corrected chi connectivity index (χ0v) is 16.0. The molecule has 2 heterocycles. The van der Waals surface area contributed by atoms with Crippen molar-refractivity contribution in [2.75, 3.05) is 26.2 Å². The Balaban J connectivity index is 1.80. The molecule has 1 fully saturated rings. The molecular weight excluding hydrogens is 362 g/mol. The van der Waals surface area contributed by atoms with Crippen LogP contribution in [0.4, 0.5) is 4.79 Å². The summed E-state index contributed by atoms with van der Waals surface area (Å²) in [5, 5.41) is 9.25. The number of aromatic amines is 1. The number of piperidine rings is 1. The van der Waals surface area contributed by atoms with Crippen molar-refractivity contribution in [2.24, 2.45) is 0 Å². The van der Waals surface area contributed by atoms with Crippen molar-refractivity contribution in [2.45, 2.75) is 44.6 Å². The fourth-order valence-corrected chi connectivity index (χ4v) is 4.22. The van der Waals surface area contributed by atoms with Crippen LogP contribution in [-0.2, 0) is 19.6 Å². The van der Waals surface area contributed by atoms with Crippen LogP contribution in [0.2, 0.25) is 0 Å². The quantitative estimate of drug-likeness (QED) is 0.631. The van der Waals surface area contributed by atoms with Crippen LogP contribution >= 0.6 is 0 Å². The molecule has 0 unspecified atom stereocenters. The average Bonchev–Trinajstić information content (AvgIpc) is 2.93. The van der Waals surface area contributed by atoms with Gasteiger partial charge in [0.25, 0.3) is 0 Å². The molecular formula is C15H25N5O5S. The number of aryl methyl sites for hydroxylation is 2. The summed E-state index contributed by atoms with van der Waals surface area (Å²) in [6.07, 6.45) is 0.838. The molecule has 1 aromatic rings. The van der Waals surface area contributed by atoms with Gasteiger partial charge in [-0.15, -0.1) is 0 Å². The van der Waals surface area contributed by atoms with Gasteiger partial charge in [-0.05, 0) is 33.6 Å². The van der Waals surface area contributed by atoms with Gasteiger partial charge in [0.15, 0.2) is 0 Å². The molecule has 10 nitrogen and oxygen atoms in total. The minimum Gasteiger partial charge on any atom is -0.450 e. The molecule has 0 atom stereocenters. The summed E-state index contributed by atoms with van der Waals surface area (Å²) in [5.41, 5.74) is 0.767. The molecule has 146 valence electrons. The number of aromatic nitrogens is 2. The molecule has 3 N–H and O–H groups in total. The summed E-state index contributed by atoms with van der Waals surface area (Å²) < 4.78 is 31.8. The first-order valence-corrected chi connectivity index (χ1v) is 9.95. The topological polar surface area (TPSA) is 133 Å². The van der Waals surface area contributed by atoms with Crippen LogP contribution in [0.15, 0.2) is 4.90 Å². The lowest BCUT2D eigenvalue weighted by Gasteiger charge is -2.31. The van der Waals surface area contributed by atoms with E-state index in [4.69, 9.17) is 4.74 Å². The molecule has 0 aliphatic carbocycles.